The van der Waals surface area contributed by atoms with E-state index in [1.807, 2.05) is 0 Å². The molecule has 0 aromatic carbocycles. The number of rotatable bonds is 1. The molecule has 5 nitrogen and oxygen atoms in total. The first-order valence-corrected chi connectivity index (χ1v) is 5.08. The van der Waals surface area contributed by atoms with Crippen molar-refractivity contribution in [3.05, 3.63) is 0 Å². The van der Waals surface area contributed by atoms with Gasteiger partial charge in [0.1, 0.15) is 5.60 Å². The molecule has 1 fully saturated rings. The highest BCUT2D eigenvalue weighted by molar-refractivity contribution is 5.89. The molecule has 2 amide bonds. The molecule has 15 heavy (non-hydrogen) atoms. The Morgan fingerprint density at radius 2 is 2.00 bits per heavy atom. The number of carbonyl (C=O) groups excluding carboxylic acids is 2. The number of hydrogen-bond donors (Lipinski definition) is 1. The van der Waals surface area contributed by atoms with Crippen molar-refractivity contribution in [1.82, 2.24) is 9.80 Å². The number of amides is 2. The summed E-state index contributed by atoms with van der Waals surface area (Å²) in [6, 6.07) is 0. The number of aliphatic hydroxyl groups is 1. The lowest BCUT2D eigenvalue weighted by Crippen LogP contribution is -2.47. The molecule has 0 atom stereocenters. The number of nitrogens with zero attached hydrogens (tertiary/aromatic N) is 2. The Balaban J connectivity index is 2.71. The van der Waals surface area contributed by atoms with E-state index in [9.17, 15) is 14.7 Å². The maximum absolute atomic E-state index is 11.7. The molecule has 0 spiro atoms. The standard InChI is InChI=1S/C10H18N2O3/c1-10(2,15)9(14)12-6-4-5-11(3)8(13)7-12/h15H,4-7H2,1-3H3. The maximum Gasteiger partial charge on any atom is 0.254 e. The molecule has 1 rings (SSSR count). The van der Waals surface area contributed by atoms with Crippen molar-refractivity contribution >= 4 is 11.8 Å². The third-order valence-corrected chi connectivity index (χ3v) is 2.48. The Kier molecular flexibility index (Phi) is 3.34. The Bertz CT molecular complexity index is 270. The second-order valence-corrected chi connectivity index (χ2v) is 4.45. The number of hydrogen-bond acceptors (Lipinski definition) is 3. The van der Waals surface area contributed by atoms with Gasteiger partial charge in [-0.3, -0.25) is 9.59 Å². The van der Waals surface area contributed by atoms with Crippen LogP contribution in [0.25, 0.3) is 0 Å². The molecule has 0 aromatic heterocycles. The Labute approximate surface area is 89.7 Å². The first kappa shape index (κ1) is 12.0. The summed E-state index contributed by atoms with van der Waals surface area (Å²) in [5.41, 5.74) is -1.40. The summed E-state index contributed by atoms with van der Waals surface area (Å²) in [6.45, 7) is 4.13. The van der Waals surface area contributed by atoms with Crippen molar-refractivity contribution in [1.29, 1.82) is 0 Å². The third kappa shape index (κ3) is 2.92. The highest BCUT2D eigenvalue weighted by Gasteiger charge is 2.32. The van der Waals surface area contributed by atoms with Crippen LogP contribution in [0.15, 0.2) is 0 Å². The number of carbonyl (C=O) groups is 2. The lowest BCUT2D eigenvalue weighted by atomic mass is 10.1. The predicted molar refractivity (Wildman–Crippen MR) is 55.1 cm³/mol. The molecule has 0 saturated carbocycles. The van der Waals surface area contributed by atoms with E-state index in [-0.39, 0.29) is 18.4 Å². The van der Waals surface area contributed by atoms with E-state index in [2.05, 4.69) is 0 Å². The van der Waals surface area contributed by atoms with Gasteiger partial charge in [-0.15, -0.1) is 0 Å². The Hall–Kier alpha value is -1.10. The molecule has 86 valence electrons. The largest absolute Gasteiger partial charge is 0.381 e. The highest BCUT2D eigenvalue weighted by atomic mass is 16.3. The van der Waals surface area contributed by atoms with Crippen LogP contribution < -0.4 is 0 Å². The highest BCUT2D eigenvalue weighted by Crippen LogP contribution is 2.10. The topological polar surface area (TPSA) is 60.9 Å². The van der Waals surface area contributed by atoms with Crippen molar-refractivity contribution in [3.8, 4) is 0 Å². The van der Waals surface area contributed by atoms with Crippen LogP contribution in [0.5, 0.6) is 0 Å². The first-order valence-electron chi connectivity index (χ1n) is 5.08. The molecule has 1 heterocycles. The fourth-order valence-corrected chi connectivity index (χ4v) is 1.55. The van der Waals surface area contributed by atoms with E-state index in [1.54, 1.807) is 11.9 Å². The molecule has 0 unspecified atom stereocenters. The minimum absolute atomic E-state index is 0.0688. The second-order valence-electron chi connectivity index (χ2n) is 4.45. The van der Waals surface area contributed by atoms with Crippen LogP contribution in [0.4, 0.5) is 0 Å². The summed E-state index contributed by atoms with van der Waals surface area (Å²) in [7, 11) is 1.72. The van der Waals surface area contributed by atoms with Crippen molar-refractivity contribution in [3.63, 3.8) is 0 Å². The Morgan fingerprint density at radius 3 is 2.53 bits per heavy atom. The van der Waals surface area contributed by atoms with Crippen molar-refractivity contribution in [2.45, 2.75) is 25.9 Å². The second kappa shape index (κ2) is 4.18. The van der Waals surface area contributed by atoms with Gasteiger partial charge in [-0.1, -0.05) is 0 Å². The molecule has 0 radical (unpaired) electrons. The van der Waals surface area contributed by atoms with Crippen molar-refractivity contribution in [2.75, 3.05) is 26.7 Å². The molecule has 0 aromatic rings. The van der Waals surface area contributed by atoms with Crippen LogP contribution in [-0.4, -0.2) is 59.0 Å². The minimum Gasteiger partial charge on any atom is -0.381 e. The summed E-state index contributed by atoms with van der Waals surface area (Å²) < 4.78 is 0. The summed E-state index contributed by atoms with van der Waals surface area (Å²) in [6.07, 6.45) is 0.754. The van der Waals surface area contributed by atoms with E-state index >= 15 is 0 Å². The average Bonchev–Trinajstić information content (AvgIpc) is 2.27. The zero-order valence-corrected chi connectivity index (χ0v) is 9.49. The Morgan fingerprint density at radius 1 is 1.40 bits per heavy atom. The molecule has 1 N–H and O–H groups in total. The van der Waals surface area contributed by atoms with Gasteiger partial charge in [0.2, 0.25) is 5.91 Å². The van der Waals surface area contributed by atoms with E-state index < -0.39 is 5.60 Å². The smallest absolute Gasteiger partial charge is 0.254 e. The van der Waals surface area contributed by atoms with Crippen molar-refractivity contribution in [2.24, 2.45) is 0 Å². The van der Waals surface area contributed by atoms with Gasteiger partial charge in [0.05, 0.1) is 6.54 Å². The quantitative estimate of drug-likeness (QED) is 0.637. The molecule has 5 heteroatoms. The van der Waals surface area contributed by atoms with E-state index in [0.717, 1.165) is 6.42 Å². The summed E-state index contributed by atoms with van der Waals surface area (Å²) in [5, 5.41) is 9.57. The molecule has 1 saturated heterocycles. The molecule has 0 aliphatic carbocycles. The molecular formula is C10H18N2O3. The third-order valence-electron chi connectivity index (χ3n) is 2.48. The van der Waals surface area contributed by atoms with Gasteiger partial charge in [0.15, 0.2) is 0 Å². The van der Waals surface area contributed by atoms with Crippen LogP contribution in [0.2, 0.25) is 0 Å². The van der Waals surface area contributed by atoms with Gasteiger partial charge in [-0.25, -0.2) is 0 Å². The average molecular weight is 214 g/mol. The fraction of sp³-hybridized carbons (Fsp3) is 0.800. The van der Waals surface area contributed by atoms with Gasteiger partial charge in [-0.05, 0) is 20.3 Å². The summed E-state index contributed by atoms with van der Waals surface area (Å²) in [4.78, 5) is 26.3. The lowest BCUT2D eigenvalue weighted by Gasteiger charge is -2.26. The van der Waals surface area contributed by atoms with Gasteiger partial charge >= 0.3 is 0 Å². The van der Waals surface area contributed by atoms with Crippen LogP contribution in [0, 0.1) is 0 Å². The van der Waals surface area contributed by atoms with Gasteiger partial charge in [-0.2, -0.15) is 0 Å². The van der Waals surface area contributed by atoms with E-state index in [4.69, 9.17) is 0 Å². The van der Waals surface area contributed by atoms with Gasteiger partial charge in [0.25, 0.3) is 5.91 Å². The molecular weight excluding hydrogens is 196 g/mol. The lowest BCUT2D eigenvalue weighted by molar-refractivity contribution is -0.150. The zero-order valence-electron chi connectivity index (χ0n) is 9.49. The fourth-order valence-electron chi connectivity index (χ4n) is 1.55. The normalized spacial score (nSPS) is 19.1. The first-order chi connectivity index (χ1) is 6.82. The van der Waals surface area contributed by atoms with Crippen LogP contribution in [-0.2, 0) is 9.59 Å². The van der Waals surface area contributed by atoms with Crippen LogP contribution >= 0.6 is 0 Å². The van der Waals surface area contributed by atoms with E-state index in [1.165, 1.54) is 18.7 Å². The number of likely N-dealkylation sites (N-methyl/N-ethyl adjacent to an activating group) is 1. The zero-order chi connectivity index (χ0) is 11.6. The predicted octanol–water partition coefficient (Wildman–Crippen LogP) is -0.552. The summed E-state index contributed by atoms with van der Waals surface area (Å²) in [5.74, 6) is -0.462. The maximum atomic E-state index is 11.7. The summed E-state index contributed by atoms with van der Waals surface area (Å²) >= 11 is 0. The molecule has 1 aliphatic rings. The minimum atomic E-state index is -1.40. The SMILES string of the molecule is CN1CCCN(C(=O)C(C)(C)O)CC1=O. The van der Waals surface area contributed by atoms with Gasteiger partial charge in [0, 0.05) is 20.1 Å². The molecule has 1 aliphatic heterocycles. The van der Waals surface area contributed by atoms with Crippen LogP contribution in [0.1, 0.15) is 20.3 Å². The molecule has 0 bridgehead atoms. The van der Waals surface area contributed by atoms with Gasteiger partial charge < -0.3 is 14.9 Å². The monoisotopic (exact) mass is 214 g/mol. The van der Waals surface area contributed by atoms with Crippen molar-refractivity contribution < 1.29 is 14.7 Å². The van der Waals surface area contributed by atoms with E-state index in [0.29, 0.717) is 13.1 Å². The van der Waals surface area contributed by atoms with Crippen LogP contribution in [0.3, 0.4) is 0 Å².